The number of benzene rings is 2. The highest BCUT2D eigenvalue weighted by Crippen LogP contribution is 2.20. The molecule has 0 aliphatic heterocycles. The molecule has 0 N–H and O–H groups in total. The van der Waals surface area contributed by atoms with E-state index in [4.69, 9.17) is 9.57 Å². The number of sulfonamides is 1. The molecule has 2 aromatic carbocycles. The Bertz CT molecular complexity index is 1110. The lowest BCUT2D eigenvalue weighted by molar-refractivity contribution is 0.0635. The number of nitrogens with zero attached hydrogens (tertiary/aromatic N) is 4. The number of ether oxygens (including phenoxy) is 1. The van der Waals surface area contributed by atoms with Crippen molar-refractivity contribution in [3.63, 3.8) is 0 Å². The molecule has 1 heterocycles. The number of para-hydroxylation sites is 1. The van der Waals surface area contributed by atoms with E-state index in [2.05, 4.69) is 10.3 Å². The van der Waals surface area contributed by atoms with Gasteiger partial charge in [0.2, 0.25) is 10.0 Å². The van der Waals surface area contributed by atoms with E-state index in [9.17, 15) is 13.2 Å². The van der Waals surface area contributed by atoms with Crippen LogP contribution in [0.2, 0.25) is 0 Å². The van der Waals surface area contributed by atoms with Gasteiger partial charge in [0.15, 0.2) is 12.4 Å². The van der Waals surface area contributed by atoms with Crippen LogP contribution in [0.15, 0.2) is 47.4 Å². The molecule has 0 atom stereocenters. The van der Waals surface area contributed by atoms with Crippen LogP contribution in [0.3, 0.4) is 0 Å². The quantitative estimate of drug-likeness (QED) is 0.413. The summed E-state index contributed by atoms with van der Waals surface area (Å²) in [5.74, 6) is 0.384. The molecular formula is C18H20N4O5S. The molecule has 10 heteroatoms. The van der Waals surface area contributed by atoms with Gasteiger partial charge in [-0.15, -0.1) is 5.10 Å². The summed E-state index contributed by atoms with van der Waals surface area (Å²) in [6.07, 6.45) is 0. The van der Waals surface area contributed by atoms with E-state index in [0.717, 1.165) is 9.15 Å². The van der Waals surface area contributed by atoms with Gasteiger partial charge in [0.25, 0.3) is 0 Å². The lowest BCUT2D eigenvalue weighted by atomic mass is 10.1. The van der Waals surface area contributed by atoms with E-state index in [-0.39, 0.29) is 23.9 Å². The van der Waals surface area contributed by atoms with Gasteiger partial charge in [0.05, 0.1) is 10.5 Å². The Morgan fingerprint density at radius 3 is 2.61 bits per heavy atom. The summed E-state index contributed by atoms with van der Waals surface area (Å²) >= 11 is 0. The van der Waals surface area contributed by atoms with E-state index >= 15 is 0 Å². The number of hydrogen-bond donors (Lipinski definition) is 0. The minimum Gasteiger partial charge on any atom is -0.489 e. The van der Waals surface area contributed by atoms with Gasteiger partial charge in [-0.05, 0) is 42.5 Å². The lowest BCUT2D eigenvalue weighted by Crippen LogP contribution is -2.22. The topological polar surface area (TPSA) is 104 Å². The maximum atomic E-state index is 12.3. The van der Waals surface area contributed by atoms with Crippen molar-refractivity contribution in [3.8, 4) is 5.75 Å². The molecule has 0 fully saturated rings. The minimum absolute atomic E-state index is 0.0894. The Labute approximate surface area is 162 Å². The summed E-state index contributed by atoms with van der Waals surface area (Å²) in [6, 6.07) is 11.4. The van der Waals surface area contributed by atoms with Crippen LogP contribution in [0.25, 0.3) is 11.0 Å². The van der Waals surface area contributed by atoms with Gasteiger partial charge in [-0.1, -0.05) is 17.0 Å². The number of aromatic nitrogens is 3. The summed E-state index contributed by atoms with van der Waals surface area (Å²) < 4.78 is 31.3. The first kappa shape index (κ1) is 19.8. The summed E-state index contributed by atoms with van der Waals surface area (Å²) in [4.78, 5) is 18.4. The average Bonchev–Trinajstić information content (AvgIpc) is 3.07. The largest absolute Gasteiger partial charge is 0.489 e. The molecule has 3 aromatic rings. The zero-order valence-corrected chi connectivity index (χ0v) is 16.5. The molecule has 0 spiro atoms. The third-order valence-electron chi connectivity index (χ3n) is 3.99. The number of fused-ring (bicyclic) bond motifs is 1. The van der Waals surface area contributed by atoms with Crippen LogP contribution in [0.4, 0.5) is 0 Å². The number of carbonyl (C=O) groups is 1. The van der Waals surface area contributed by atoms with Crippen LogP contribution in [-0.4, -0.2) is 61.0 Å². The molecular weight excluding hydrogens is 384 g/mol. The Balaban J connectivity index is 1.71. The monoisotopic (exact) mass is 404 g/mol. The highest BCUT2D eigenvalue weighted by atomic mass is 32.2. The first-order valence-electron chi connectivity index (χ1n) is 8.45. The predicted molar refractivity (Wildman–Crippen MR) is 102 cm³/mol. The van der Waals surface area contributed by atoms with Crippen molar-refractivity contribution in [2.45, 2.75) is 11.8 Å². The van der Waals surface area contributed by atoms with E-state index in [1.807, 2.05) is 0 Å². The normalized spacial score (nSPS) is 11.7. The minimum atomic E-state index is -3.58. The molecule has 0 bridgehead atoms. The van der Waals surface area contributed by atoms with Crippen molar-refractivity contribution in [2.75, 3.05) is 27.3 Å². The summed E-state index contributed by atoms with van der Waals surface area (Å²) in [6.45, 7) is 1.76. The van der Waals surface area contributed by atoms with Gasteiger partial charge in [-0.3, -0.25) is 4.79 Å². The summed E-state index contributed by atoms with van der Waals surface area (Å²) in [5.41, 5.74) is 1.42. The van der Waals surface area contributed by atoms with Crippen molar-refractivity contribution in [1.82, 2.24) is 19.5 Å². The molecule has 0 aliphatic rings. The molecule has 0 saturated heterocycles. The first-order valence-corrected chi connectivity index (χ1v) is 9.89. The summed E-state index contributed by atoms with van der Waals surface area (Å²) in [7, 11) is -0.665. The second-order valence-electron chi connectivity index (χ2n) is 6.13. The zero-order chi connectivity index (χ0) is 20.3. The molecule has 148 valence electrons. The van der Waals surface area contributed by atoms with Crippen molar-refractivity contribution in [1.29, 1.82) is 0 Å². The van der Waals surface area contributed by atoms with Gasteiger partial charge in [-0.25, -0.2) is 12.7 Å². The van der Waals surface area contributed by atoms with Gasteiger partial charge < -0.3 is 9.57 Å². The standard InChI is InChI=1S/C18H20N4O5S/c1-13(23)15-6-4-5-7-18(15)26-10-11-27-22-17-12-14(28(24,25)21(2)3)8-9-16(17)19-20-22/h4-9,12H,10-11H2,1-3H3. The SMILES string of the molecule is CC(=O)c1ccccc1OCCOn1nnc2ccc(S(=O)(=O)N(C)C)cc21. The smallest absolute Gasteiger partial charge is 0.242 e. The average molecular weight is 404 g/mol. The number of ketones is 1. The molecule has 0 radical (unpaired) electrons. The molecule has 0 saturated carbocycles. The highest BCUT2D eigenvalue weighted by Gasteiger charge is 2.19. The molecule has 0 unspecified atom stereocenters. The summed E-state index contributed by atoms with van der Waals surface area (Å²) in [5, 5.41) is 7.83. The fourth-order valence-corrected chi connectivity index (χ4v) is 3.43. The second-order valence-corrected chi connectivity index (χ2v) is 8.29. The molecule has 0 aliphatic carbocycles. The van der Waals surface area contributed by atoms with Crippen molar-refractivity contribution in [2.24, 2.45) is 0 Å². The van der Waals surface area contributed by atoms with E-state index < -0.39 is 10.0 Å². The Morgan fingerprint density at radius 2 is 1.89 bits per heavy atom. The predicted octanol–water partition coefficient (Wildman–Crippen LogP) is 1.39. The number of hydrogen-bond acceptors (Lipinski definition) is 7. The maximum absolute atomic E-state index is 12.3. The van der Waals surface area contributed by atoms with Gasteiger partial charge in [-0.2, -0.15) is 0 Å². The zero-order valence-electron chi connectivity index (χ0n) is 15.7. The highest BCUT2D eigenvalue weighted by molar-refractivity contribution is 7.89. The van der Waals surface area contributed by atoms with Crippen LogP contribution in [0, 0.1) is 0 Å². The lowest BCUT2D eigenvalue weighted by Gasteiger charge is -2.12. The number of carbonyl (C=O) groups excluding carboxylic acids is 1. The molecule has 9 nitrogen and oxygen atoms in total. The fourth-order valence-electron chi connectivity index (χ4n) is 2.50. The number of rotatable bonds is 8. The third kappa shape index (κ3) is 3.97. The van der Waals surface area contributed by atoms with Crippen molar-refractivity contribution < 1.29 is 22.8 Å². The van der Waals surface area contributed by atoms with Gasteiger partial charge in [0.1, 0.15) is 23.4 Å². The van der Waals surface area contributed by atoms with Crippen LogP contribution < -0.4 is 9.57 Å². The maximum Gasteiger partial charge on any atom is 0.242 e. The van der Waals surface area contributed by atoms with Crippen molar-refractivity contribution >= 4 is 26.8 Å². The van der Waals surface area contributed by atoms with E-state index in [0.29, 0.717) is 22.3 Å². The number of Topliss-reactive ketones (excluding diaryl/α,β-unsaturated/α-hetero) is 1. The first-order chi connectivity index (χ1) is 13.3. The Kier molecular flexibility index (Phi) is 5.61. The Morgan fingerprint density at radius 1 is 1.14 bits per heavy atom. The second kappa shape index (κ2) is 7.95. The Hall–Kier alpha value is -2.98. The van der Waals surface area contributed by atoms with Crippen LogP contribution in [-0.2, 0) is 10.0 Å². The van der Waals surface area contributed by atoms with Crippen molar-refractivity contribution in [3.05, 3.63) is 48.0 Å². The van der Waals surface area contributed by atoms with Gasteiger partial charge in [0, 0.05) is 14.1 Å². The van der Waals surface area contributed by atoms with Gasteiger partial charge >= 0.3 is 0 Å². The van der Waals surface area contributed by atoms with Crippen LogP contribution in [0.1, 0.15) is 17.3 Å². The van der Waals surface area contributed by atoms with Crippen LogP contribution >= 0.6 is 0 Å². The van der Waals surface area contributed by atoms with E-state index in [1.54, 1.807) is 30.3 Å². The molecule has 0 amide bonds. The molecule has 1 aromatic heterocycles. The van der Waals surface area contributed by atoms with Crippen LogP contribution in [0.5, 0.6) is 5.75 Å². The van der Waals surface area contributed by atoms with E-state index in [1.165, 1.54) is 33.2 Å². The fraction of sp³-hybridized carbons (Fsp3) is 0.278. The molecule has 3 rings (SSSR count). The molecule has 28 heavy (non-hydrogen) atoms. The third-order valence-corrected chi connectivity index (χ3v) is 5.80.